The van der Waals surface area contributed by atoms with Crippen LogP contribution >= 0.6 is 11.6 Å². The smallest absolute Gasteiger partial charge is 0.249 e. The second-order valence-electron chi connectivity index (χ2n) is 8.44. The van der Waals surface area contributed by atoms with E-state index in [-0.39, 0.29) is 0 Å². The van der Waals surface area contributed by atoms with Gasteiger partial charge in [0.25, 0.3) is 0 Å². The van der Waals surface area contributed by atoms with Crippen molar-refractivity contribution in [1.82, 2.24) is 4.57 Å². The first-order valence-electron chi connectivity index (χ1n) is 11.1. The highest BCUT2D eigenvalue weighted by atomic mass is 35.5. The van der Waals surface area contributed by atoms with Gasteiger partial charge < -0.3 is 10.3 Å². The number of nitrogens with zero attached hydrogens (tertiary/aromatic N) is 1. The van der Waals surface area contributed by atoms with E-state index < -0.39 is 5.91 Å². The van der Waals surface area contributed by atoms with Gasteiger partial charge in [-0.25, -0.2) is 0 Å². The van der Waals surface area contributed by atoms with Gasteiger partial charge in [-0.15, -0.1) is 0 Å². The van der Waals surface area contributed by atoms with E-state index in [2.05, 4.69) is 59.2 Å². The lowest BCUT2D eigenvalue weighted by atomic mass is 10.0. The van der Waals surface area contributed by atoms with Crippen molar-refractivity contribution in [1.29, 1.82) is 0 Å². The zero-order valence-corrected chi connectivity index (χ0v) is 19.0. The highest BCUT2D eigenvalue weighted by Crippen LogP contribution is 2.35. The van der Waals surface area contributed by atoms with Crippen LogP contribution in [0.4, 0.5) is 0 Å². The molecule has 0 fully saturated rings. The number of rotatable bonds is 4. The minimum absolute atomic E-state index is 0.440. The van der Waals surface area contributed by atoms with Crippen molar-refractivity contribution in [2.24, 2.45) is 5.73 Å². The van der Waals surface area contributed by atoms with Gasteiger partial charge in [-0.1, -0.05) is 72.3 Å². The molecule has 1 aromatic heterocycles. The summed E-state index contributed by atoms with van der Waals surface area (Å²) in [6, 6.07) is 35.8. The fourth-order valence-corrected chi connectivity index (χ4v) is 4.97. The Bertz CT molecular complexity index is 1710. The number of primary amides is 1. The number of amides is 1. The Morgan fingerprint density at radius 2 is 1.62 bits per heavy atom. The van der Waals surface area contributed by atoms with Crippen LogP contribution in [0.25, 0.3) is 43.7 Å². The fourth-order valence-electron chi connectivity index (χ4n) is 4.84. The minimum Gasteiger partial charge on any atom is -0.366 e. The summed E-state index contributed by atoms with van der Waals surface area (Å²) in [4.78, 5) is 12.3. The van der Waals surface area contributed by atoms with E-state index in [4.69, 9.17) is 17.3 Å². The molecule has 6 rings (SSSR count). The highest BCUT2D eigenvalue weighted by molar-refractivity contribution is 6.30. The second-order valence-corrected chi connectivity index (χ2v) is 8.88. The maximum Gasteiger partial charge on any atom is 0.249 e. The molecule has 1 amide bonds. The first-order valence-corrected chi connectivity index (χ1v) is 11.5. The van der Waals surface area contributed by atoms with Gasteiger partial charge in [0, 0.05) is 27.9 Å². The van der Waals surface area contributed by atoms with Crippen molar-refractivity contribution < 1.29 is 4.79 Å². The van der Waals surface area contributed by atoms with Gasteiger partial charge in [0.1, 0.15) is 0 Å². The lowest BCUT2D eigenvalue weighted by Gasteiger charge is -2.12. The van der Waals surface area contributed by atoms with E-state index in [0.29, 0.717) is 17.1 Å². The Balaban J connectivity index is 1.64. The number of nitrogens with two attached hydrogens (primary N) is 1. The Morgan fingerprint density at radius 1 is 0.853 bits per heavy atom. The van der Waals surface area contributed by atoms with Crippen LogP contribution in [-0.2, 0) is 6.54 Å². The Hall–Kier alpha value is -4.08. The normalized spacial score (nSPS) is 11.4. The van der Waals surface area contributed by atoms with Gasteiger partial charge in [-0.3, -0.25) is 4.79 Å². The molecule has 1 radical (unpaired) electrons. The zero-order chi connectivity index (χ0) is 23.2. The molecule has 0 spiro atoms. The van der Waals surface area contributed by atoms with Crippen molar-refractivity contribution >= 4 is 50.1 Å². The van der Waals surface area contributed by atoms with Crippen molar-refractivity contribution in [2.75, 3.05) is 0 Å². The molecule has 4 heteroatoms. The van der Waals surface area contributed by atoms with E-state index in [9.17, 15) is 4.79 Å². The average Bonchev–Trinajstić information content (AvgIpc) is 3.17. The molecule has 34 heavy (non-hydrogen) atoms. The number of hydrogen-bond donors (Lipinski definition) is 1. The molecular weight excluding hydrogens is 440 g/mol. The number of halogens is 1. The van der Waals surface area contributed by atoms with Crippen molar-refractivity contribution in [2.45, 2.75) is 6.54 Å². The predicted molar refractivity (Wildman–Crippen MR) is 140 cm³/mol. The topological polar surface area (TPSA) is 48.0 Å². The number of hydrogen-bond acceptors (Lipinski definition) is 1. The van der Waals surface area contributed by atoms with E-state index in [1.807, 2.05) is 42.5 Å². The van der Waals surface area contributed by atoms with Crippen LogP contribution in [0.5, 0.6) is 0 Å². The minimum atomic E-state index is -0.440. The van der Waals surface area contributed by atoms with E-state index in [1.54, 1.807) is 6.07 Å². The summed E-state index contributed by atoms with van der Waals surface area (Å²) < 4.78 is 2.26. The van der Waals surface area contributed by atoms with E-state index in [0.717, 1.165) is 32.9 Å². The third kappa shape index (κ3) is 3.33. The van der Waals surface area contributed by atoms with Gasteiger partial charge in [0.15, 0.2) is 0 Å². The molecule has 1 heterocycles. The summed E-state index contributed by atoms with van der Waals surface area (Å²) >= 11 is 6.10. The largest absolute Gasteiger partial charge is 0.366 e. The average molecular weight is 460 g/mol. The van der Waals surface area contributed by atoms with Crippen LogP contribution in [0, 0.1) is 6.07 Å². The van der Waals surface area contributed by atoms with E-state index in [1.165, 1.54) is 16.3 Å². The molecule has 0 unspecified atom stereocenters. The summed E-state index contributed by atoms with van der Waals surface area (Å²) in [5.74, 6) is -0.440. The predicted octanol–water partition coefficient (Wildman–Crippen LogP) is 7.22. The molecule has 2 N–H and O–H groups in total. The summed E-state index contributed by atoms with van der Waals surface area (Å²) in [7, 11) is 0. The molecule has 3 nitrogen and oxygen atoms in total. The van der Waals surface area contributed by atoms with Crippen LogP contribution in [0.15, 0.2) is 97.1 Å². The number of carbonyl (C=O) groups excluding carboxylic acids is 1. The standard InChI is InChI=1S/C30H20ClN2O/c31-23-14-11-19(12-15-23)21-13-16-25-28(17-21)33(27-10-4-9-26(29(25)27)30(32)34)18-22-7-3-6-20-5-1-2-8-24(20)22/h1-15,17H,18H2,(H2,32,34). The monoisotopic (exact) mass is 459 g/mol. The maximum absolute atomic E-state index is 12.3. The molecule has 0 bridgehead atoms. The van der Waals surface area contributed by atoms with Crippen LogP contribution in [0.2, 0.25) is 5.02 Å². The van der Waals surface area contributed by atoms with Gasteiger partial charge >= 0.3 is 0 Å². The van der Waals surface area contributed by atoms with Crippen LogP contribution in [-0.4, -0.2) is 10.5 Å². The Labute approximate surface area is 202 Å². The molecule has 6 aromatic rings. The van der Waals surface area contributed by atoms with Gasteiger partial charge in [-0.2, -0.15) is 0 Å². The molecule has 0 aliphatic rings. The molecule has 0 aliphatic carbocycles. The third-order valence-electron chi connectivity index (χ3n) is 6.45. The first kappa shape index (κ1) is 20.5. The third-order valence-corrected chi connectivity index (χ3v) is 6.70. The zero-order valence-electron chi connectivity index (χ0n) is 18.3. The molecular formula is C30H20ClN2O. The van der Waals surface area contributed by atoms with Crippen molar-refractivity contribution in [3.05, 3.63) is 119 Å². The van der Waals surface area contributed by atoms with Gasteiger partial charge in [0.2, 0.25) is 5.91 Å². The maximum atomic E-state index is 12.3. The number of benzene rings is 5. The lowest BCUT2D eigenvalue weighted by Crippen LogP contribution is -2.11. The number of carbonyl (C=O) groups is 1. The molecule has 0 atom stereocenters. The highest BCUT2D eigenvalue weighted by Gasteiger charge is 2.18. The second kappa shape index (κ2) is 8.05. The molecule has 0 saturated heterocycles. The molecule has 0 aliphatic heterocycles. The lowest BCUT2D eigenvalue weighted by molar-refractivity contribution is 0.100. The summed E-state index contributed by atoms with van der Waals surface area (Å²) in [5.41, 5.74) is 11.5. The Kier molecular flexibility index (Phi) is 4.86. The van der Waals surface area contributed by atoms with Crippen molar-refractivity contribution in [3.63, 3.8) is 0 Å². The van der Waals surface area contributed by atoms with Crippen molar-refractivity contribution in [3.8, 4) is 11.1 Å². The first-order chi connectivity index (χ1) is 16.6. The van der Waals surface area contributed by atoms with Crippen LogP contribution in [0.3, 0.4) is 0 Å². The fraction of sp³-hybridized carbons (Fsp3) is 0.0333. The van der Waals surface area contributed by atoms with Gasteiger partial charge in [-0.05, 0) is 69.9 Å². The summed E-state index contributed by atoms with van der Waals surface area (Å²) in [5, 5.41) is 4.84. The summed E-state index contributed by atoms with van der Waals surface area (Å²) in [6.07, 6.45) is 0. The van der Waals surface area contributed by atoms with E-state index >= 15 is 0 Å². The Morgan fingerprint density at radius 3 is 2.44 bits per heavy atom. The number of aromatic nitrogens is 1. The molecule has 0 saturated carbocycles. The SMILES string of the molecule is NC(=O)c1cccc2c1c1[c]cc(-c3ccc(Cl)cc3)cc1n2Cc1cccc2ccccc12. The summed E-state index contributed by atoms with van der Waals surface area (Å²) in [6.45, 7) is 0.654. The molecule has 163 valence electrons. The quantitative estimate of drug-likeness (QED) is 0.297. The molecule has 5 aromatic carbocycles. The van der Waals surface area contributed by atoms with Crippen LogP contribution < -0.4 is 5.73 Å². The van der Waals surface area contributed by atoms with Crippen LogP contribution in [0.1, 0.15) is 15.9 Å². The number of fused-ring (bicyclic) bond motifs is 4. The van der Waals surface area contributed by atoms with Gasteiger partial charge in [0.05, 0.1) is 11.0 Å².